The smallest absolute Gasteiger partial charge is 0.242 e. The third kappa shape index (κ3) is 3.06. The number of carbonyl (C=O) groups excluding carboxylic acids is 1. The van der Waals surface area contributed by atoms with E-state index in [0.717, 1.165) is 25.8 Å². The number of nitrogens with zero attached hydrogens (tertiary/aromatic N) is 2. The highest BCUT2D eigenvalue weighted by Gasteiger charge is 2.21. The van der Waals surface area contributed by atoms with Gasteiger partial charge in [0, 0.05) is 0 Å². The van der Waals surface area contributed by atoms with Gasteiger partial charge < -0.3 is 10.6 Å². The Labute approximate surface area is 109 Å². The predicted octanol–water partition coefficient (Wildman–Crippen LogP) is 1.86. The van der Waals surface area contributed by atoms with Crippen molar-refractivity contribution < 1.29 is 4.79 Å². The van der Waals surface area contributed by atoms with Gasteiger partial charge in [-0.25, -0.2) is 9.97 Å². The highest BCUT2D eigenvalue weighted by atomic mass is 35.5. The molecule has 7 heteroatoms. The lowest BCUT2D eigenvalue weighted by atomic mass is 10.0. The number of hydrogen-bond acceptors (Lipinski definition) is 4. The number of amides is 1. The molecule has 2 rings (SSSR count). The van der Waals surface area contributed by atoms with Crippen LogP contribution in [0.1, 0.15) is 19.3 Å². The second kappa shape index (κ2) is 5.62. The van der Waals surface area contributed by atoms with Gasteiger partial charge in [-0.15, -0.1) is 0 Å². The van der Waals surface area contributed by atoms with Gasteiger partial charge in [0.05, 0.1) is 6.04 Å². The number of halogens is 2. The number of carbonyl (C=O) groups is 1. The minimum atomic E-state index is -0.187. The molecule has 1 aliphatic heterocycles. The average Bonchev–Trinajstić information content (AvgIpc) is 2.36. The van der Waals surface area contributed by atoms with Crippen molar-refractivity contribution in [1.82, 2.24) is 15.3 Å². The highest BCUT2D eigenvalue weighted by Crippen LogP contribution is 2.25. The Morgan fingerprint density at radius 2 is 2.24 bits per heavy atom. The summed E-state index contributed by atoms with van der Waals surface area (Å²) < 4.78 is 0. The molecular formula is C10H12Cl2N4O. The van der Waals surface area contributed by atoms with Crippen LogP contribution in [0.5, 0.6) is 0 Å². The van der Waals surface area contributed by atoms with Crippen LogP contribution in [-0.4, -0.2) is 28.5 Å². The van der Waals surface area contributed by atoms with Crippen molar-refractivity contribution in [3.63, 3.8) is 0 Å². The maximum absolute atomic E-state index is 11.9. The normalized spacial score (nSPS) is 20.0. The first-order chi connectivity index (χ1) is 8.18. The third-order valence-electron chi connectivity index (χ3n) is 2.62. The molecule has 1 saturated heterocycles. The number of hydrogen-bond donors (Lipinski definition) is 2. The molecule has 92 valence electrons. The van der Waals surface area contributed by atoms with Crippen molar-refractivity contribution in [2.45, 2.75) is 25.3 Å². The summed E-state index contributed by atoms with van der Waals surface area (Å²) in [6, 6.07) is -0.187. The maximum Gasteiger partial charge on any atom is 0.242 e. The van der Waals surface area contributed by atoms with Gasteiger partial charge in [-0.3, -0.25) is 4.79 Å². The summed E-state index contributed by atoms with van der Waals surface area (Å²) >= 11 is 11.6. The highest BCUT2D eigenvalue weighted by molar-refractivity contribution is 6.42. The molecule has 2 heterocycles. The van der Waals surface area contributed by atoms with E-state index in [0.29, 0.717) is 0 Å². The quantitative estimate of drug-likeness (QED) is 0.808. The van der Waals surface area contributed by atoms with Crippen LogP contribution in [-0.2, 0) is 4.79 Å². The van der Waals surface area contributed by atoms with E-state index in [-0.39, 0.29) is 27.9 Å². The first-order valence-corrected chi connectivity index (χ1v) is 6.14. The summed E-state index contributed by atoms with van der Waals surface area (Å²) in [4.78, 5) is 19.5. The fraction of sp³-hybridized carbons (Fsp3) is 0.500. The van der Waals surface area contributed by atoms with Gasteiger partial charge >= 0.3 is 0 Å². The van der Waals surface area contributed by atoms with Gasteiger partial charge in [0.15, 0.2) is 11.0 Å². The van der Waals surface area contributed by atoms with E-state index in [4.69, 9.17) is 23.2 Å². The van der Waals surface area contributed by atoms with Crippen LogP contribution in [0.25, 0.3) is 0 Å². The molecule has 17 heavy (non-hydrogen) atoms. The van der Waals surface area contributed by atoms with Crippen LogP contribution in [0.15, 0.2) is 6.33 Å². The van der Waals surface area contributed by atoms with Crippen molar-refractivity contribution in [2.24, 2.45) is 0 Å². The predicted molar refractivity (Wildman–Crippen MR) is 66.3 cm³/mol. The zero-order valence-electron chi connectivity index (χ0n) is 9.04. The number of rotatable bonds is 2. The Kier molecular flexibility index (Phi) is 4.15. The molecule has 2 N–H and O–H groups in total. The Bertz CT molecular complexity index is 421. The Morgan fingerprint density at radius 1 is 1.41 bits per heavy atom. The second-order valence-corrected chi connectivity index (χ2v) is 4.55. The molecule has 1 aliphatic rings. The van der Waals surface area contributed by atoms with Crippen molar-refractivity contribution >= 4 is 34.9 Å². The summed E-state index contributed by atoms with van der Waals surface area (Å²) in [6.07, 6.45) is 4.23. The third-order valence-corrected chi connectivity index (χ3v) is 3.36. The lowest BCUT2D eigenvalue weighted by molar-refractivity contribution is -0.118. The molecule has 1 aromatic rings. The van der Waals surface area contributed by atoms with E-state index < -0.39 is 0 Å². The average molecular weight is 275 g/mol. The van der Waals surface area contributed by atoms with E-state index >= 15 is 0 Å². The summed E-state index contributed by atoms with van der Waals surface area (Å²) in [5.41, 5.74) is 0. The van der Waals surface area contributed by atoms with Crippen LogP contribution in [0.4, 0.5) is 5.82 Å². The maximum atomic E-state index is 11.9. The summed E-state index contributed by atoms with van der Waals surface area (Å²) in [5.74, 6) is 0.116. The molecule has 0 saturated carbocycles. The molecule has 0 aromatic carbocycles. The Hall–Kier alpha value is -0.910. The van der Waals surface area contributed by atoms with Gasteiger partial charge in [-0.1, -0.05) is 29.6 Å². The lowest BCUT2D eigenvalue weighted by Gasteiger charge is -2.22. The van der Waals surface area contributed by atoms with Gasteiger partial charge in [0.2, 0.25) is 5.91 Å². The molecular weight excluding hydrogens is 263 g/mol. The molecule has 1 fully saturated rings. The zero-order valence-corrected chi connectivity index (χ0v) is 10.6. The van der Waals surface area contributed by atoms with Gasteiger partial charge in [-0.05, 0) is 19.4 Å². The SMILES string of the molecule is O=C(Nc1ncnc(Cl)c1Cl)C1CCCCN1. The minimum Gasteiger partial charge on any atom is -0.308 e. The molecule has 0 radical (unpaired) electrons. The second-order valence-electron chi connectivity index (χ2n) is 3.82. The number of piperidine rings is 1. The van der Waals surface area contributed by atoms with Crippen molar-refractivity contribution in [3.8, 4) is 0 Å². The minimum absolute atomic E-state index is 0.133. The Balaban J connectivity index is 2.04. The molecule has 1 aromatic heterocycles. The Morgan fingerprint density at radius 3 is 2.94 bits per heavy atom. The molecule has 1 atom stereocenters. The first kappa shape index (κ1) is 12.5. The zero-order chi connectivity index (χ0) is 12.3. The summed E-state index contributed by atoms with van der Waals surface area (Å²) in [6.45, 7) is 0.857. The van der Waals surface area contributed by atoms with E-state index in [1.54, 1.807) is 0 Å². The van der Waals surface area contributed by atoms with Crippen LogP contribution in [0.3, 0.4) is 0 Å². The van der Waals surface area contributed by atoms with Crippen molar-refractivity contribution in [3.05, 3.63) is 16.5 Å². The summed E-state index contributed by atoms with van der Waals surface area (Å²) in [7, 11) is 0. The van der Waals surface area contributed by atoms with E-state index in [1.165, 1.54) is 6.33 Å². The van der Waals surface area contributed by atoms with E-state index in [9.17, 15) is 4.79 Å². The molecule has 1 amide bonds. The standard InChI is InChI=1S/C10H12Cl2N4O/c11-7-8(12)14-5-15-9(7)16-10(17)6-3-1-2-4-13-6/h5-6,13H,1-4H2,(H,14,15,16,17). The van der Waals surface area contributed by atoms with Crippen LogP contribution in [0.2, 0.25) is 10.2 Å². The van der Waals surface area contributed by atoms with E-state index in [1.807, 2.05) is 0 Å². The van der Waals surface area contributed by atoms with Gasteiger partial charge in [0.25, 0.3) is 0 Å². The lowest BCUT2D eigenvalue weighted by Crippen LogP contribution is -2.43. The fourth-order valence-corrected chi connectivity index (χ4v) is 1.99. The number of aromatic nitrogens is 2. The van der Waals surface area contributed by atoms with Gasteiger partial charge in [-0.2, -0.15) is 0 Å². The van der Waals surface area contributed by atoms with Crippen LogP contribution < -0.4 is 10.6 Å². The van der Waals surface area contributed by atoms with Crippen molar-refractivity contribution in [1.29, 1.82) is 0 Å². The van der Waals surface area contributed by atoms with Crippen LogP contribution >= 0.6 is 23.2 Å². The molecule has 0 aliphatic carbocycles. The van der Waals surface area contributed by atoms with Gasteiger partial charge in [0.1, 0.15) is 11.3 Å². The molecule has 5 nitrogen and oxygen atoms in total. The topological polar surface area (TPSA) is 66.9 Å². The van der Waals surface area contributed by atoms with Crippen molar-refractivity contribution in [2.75, 3.05) is 11.9 Å². The molecule has 0 bridgehead atoms. The van der Waals surface area contributed by atoms with Crippen LogP contribution in [0, 0.1) is 0 Å². The fourth-order valence-electron chi connectivity index (χ4n) is 1.71. The first-order valence-electron chi connectivity index (χ1n) is 5.38. The summed E-state index contributed by atoms with van der Waals surface area (Å²) in [5, 5.41) is 6.09. The number of anilines is 1. The monoisotopic (exact) mass is 274 g/mol. The van der Waals surface area contributed by atoms with E-state index in [2.05, 4.69) is 20.6 Å². The number of nitrogens with one attached hydrogen (secondary N) is 2. The molecule has 1 unspecified atom stereocenters. The largest absolute Gasteiger partial charge is 0.308 e. The molecule has 0 spiro atoms.